The van der Waals surface area contributed by atoms with Gasteiger partial charge in [-0.05, 0) is 37.1 Å². The molecule has 2 N–H and O–H groups in total. The van der Waals surface area contributed by atoms with Crippen LogP contribution in [0.15, 0.2) is 54.6 Å². The van der Waals surface area contributed by atoms with Gasteiger partial charge >= 0.3 is 5.97 Å². The fraction of sp³-hybridized carbons (Fsp3) is 0.263. The predicted octanol–water partition coefficient (Wildman–Crippen LogP) is 2.96. The largest absolute Gasteiger partial charge is 0.491 e. The molecule has 5 nitrogen and oxygen atoms in total. The summed E-state index contributed by atoms with van der Waals surface area (Å²) in [7, 11) is 0. The van der Waals surface area contributed by atoms with E-state index in [2.05, 4.69) is 5.32 Å². The van der Waals surface area contributed by atoms with Gasteiger partial charge in [0.05, 0.1) is 12.5 Å². The SMILES string of the molecule is CC(C)Oc1cccc(CC(=O)N[C@H](C(=O)O)c2ccccc2)c1. The number of benzene rings is 2. The van der Waals surface area contributed by atoms with Crippen molar-refractivity contribution in [2.75, 3.05) is 0 Å². The molecule has 0 aliphatic rings. The molecule has 0 fully saturated rings. The van der Waals surface area contributed by atoms with Crippen LogP contribution in [0.25, 0.3) is 0 Å². The minimum atomic E-state index is -1.09. The van der Waals surface area contributed by atoms with Crippen LogP contribution in [0.5, 0.6) is 5.75 Å². The molecule has 0 unspecified atom stereocenters. The van der Waals surface area contributed by atoms with Crippen LogP contribution >= 0.6 is 0 Å². The Morgan fingerprint density at radius 3 is 2.42 bits per heavy atom. The zero-order valence-corrected chi connectivity index (χ0v) is 13.7. The van der Waals surface area contributed by atoms with Gasteiger partial charge in [-0.25, -0.2) is 4.79 Å². The number of ether oxygens (including phenoxy) is 1. The molecule has 0 heterocycles. The topological polar surface area (TPSA) is 75.6 Å². The first-order chi connectivity index (χ1) is 11.5. The van der Waals surface area contributed by atoms with Crippen molar-refractivity contribution in [2.45, 2.75) is 32.4 Å². The lowest BCUT2D eigenvalue weighted by atomic mass is 10.1. The Balaban J connectivity index is 2.05. The van der Waals surface area contributed by atoms with Gasteiger partial charge in [-0.15, -0.1) is 0 Å². The average molecular weight is 327 g/mol. The molecule has 2 aromatic carbocycles. The summed E-state index contributed by atoms with van der Waals surface area (Å²) >= 11 is 0. The van der Waals surface area contributed by atoms with Gasteiger partial charge in [0.2, 0.25) is 5.91 Å². The summed E-state index contributed by atoms with van der Waals surface area (Å²) in [6, 6.07) is 14.8. The van der Waals surface area contributed by atoms with Crippen molar-refractivity contribution in [3.8, 4) is 5.75 Å². The van der Waals surface area contributed by atoms with Crippen LogP contribution in [0.2, 0.25) is 0 Å². The van der Waals surface area contributed by atoms with Gasteiger partial charge in [0.25, 0.3) is 0 Å². The number of carboxylic acids is 1. The van der Waals surface area contributed by atoms with E-state index in [1.807, 2.05) is 32.0 Å². The van der Waals surface area contributed by atoms with Gasteiger partial charge in [0.15, 0.2) is 6.04 Å². The van der Waals surface area contributed by atoms with E-state index in [4.69, 9.17) is 4.74 Å². The van der Waals surface area contributed by atoms with E-state index in [1.54, 1.807) is 36.4 Å². The number of carbonyl (C=O) groups is 2. The third-order valence-corrected chi connectivity index (χ3v) is 3.32. The first kappa shape index (κ1) is 17.5. The maximum absolute atomic E-state index is 12.2. The molecule has 0 aliphatic carbocycles. The number of amides is 1. The van der Waals surface area contributed by atoms with E-state index in [0.717, 1.165) is 5.56 Å². The molecule has 24 heavy (non-hydrogen) atoms. The van der Waals surface area contributed by atoms with Gasteiger partial charge in [0.1, 0.15) is 5.75 Å². The Hall–Kier alpha value is -2.82. The lowest BCUT2D eigenvalue weighted by molar-refractivity contribution is -0.141. The van der Waals surface area contributed by atoms with E-state index in [0.29, 0.717) is 11.3 Å². The summed E-state index contributed by atoms with van der Waals surface area (Å²) in [6.45, 7) is 3.85. The minimum Gasteiger partial charge on any atom is -0.491 e. The van der Waals surface area contributed by atoms with Gasteiger partial charge < -0.3 is 15.2 Å². The quantitative estimate of drug-likeness (QED) is 0.820. The van der Waals surface area contributed by atoms with E-state index in [1.165, 1.54) is 0 Å². The number of hydrogen-bond acceptors (Lipinski definition) is 3. The highest BCUT2D eigenvalue weighted by molar-refractivity contribution is 5.85. The van der Waals surface area contributed by atoms with Crippen LogP contribution in [0, 0.1) is 0 Å². The van der Waals surface area contributed by atoms with E-state index in [-0.39, 0.29) is 18.4 Å². The number of rotatable bonds is 7. The monoisotopic (exact) mass is 327 g/mol. The van der Waals surface area contributed by atoms with Gasteiger partial charge in [-0.2, -0.15) is 0 Å². The zero-order valence-electron chi connectivity index (χ0n) is 13.7. The lowest BCUT2D eigenvalue weighted by Gasteiger charge is -2.15. The zero-order chi connectivity index (χ0) is 17.5. The second kappa shape index (κ2) is 8.15. The molecule has 1 amide bonds. The number of hydrogen-bond donors (Lipinski definition) is 2. The summed E-state index contributed by atoms with van der Waals surface area (Å²) in [5.74, 6) is -0.757. The van der Waals surface area contributed by atoms with Crippen LogP contribution < -0.4 is 10.1 Å². The number of aliphatic carboxylic acids is 1. The molecular weight excluding hydrogens is 306 g/mol. The van der Waals surface area contributed by atoms with Crippen LogP contribution in [0.3, 0.4) is 0 Å². The smallest absolute Gasteiger partial charge is 0.330 e. The fourth-order valence-corrected chi connectivity index (χ4v) is 2.33. The maximum Gasteiger partial charge on any atom is 0.330 e. The lowest BCUT2D eigenvalue weighted by Crippen LogP contribution is -2.34. The Morgan fingerprint density at radius 1 is 1.08 bits per heavy atom. The highest BCUT2D eigenvalue weighted by Gasteiger charge is 2.21. The first-order valence-electron chi connectivity index (χ1n) is 7.78. The molecular formula is C19H21NO4. The molecule has 0 aromatic heterocycles. The molecule has 0 bridgehead atoms. The molecule has 2 rings (SSSR count). The predicted molar refractivity (Wildman–Crippen MR) is 90.9 cm³/mol. The highest BCUT2D eigenvalue weighted by Crippen LogP contribution is 2.17. The standard InChI is InChI=1S/C19H21NO4/c1-13(2)24-16-10-6-7-14(11-16)12-17(21)20-18(19(22)23)15-8-4-3-5-9-15/h3-11,13,18H,12H2,1-2H3,(H,20,21)(H,22,23)/t18-/m0/s1. The van der Waals surface area contributed by atoms with Crippen molar-refractivity contribution in [1.82, 2.24) is 5.32 Å². The molecule has 126 valence electrons. The van der Waals surface area contributed by atoms with Gasteiger partial charge in [0, 0.05) is 0 Å². The van der Waals surface area contributed by atoms with Crippen molar-refractivity contribution in [1.29, 1.82) is 0 Å². The van der Waals surface area contributed by atoms with Crippen molar-refractivity contribution in [3.05, 3.63) is 65.7 Å². The number of carbonyl (C=O) groups excluding carboxylic acids is 1. The number of nitrogens with one attached hydrogen (secondary N) is 1. The van der Waals surface area contributed by atoms with Crippen molar-refractivity contribution in [2.24, 2.45) is 0 Å². The van der Waals surface area contributed by atoms with Gasteiger partial charge in [-0.1, -0.05) is 42.5 Å². The third-order valence-electron chi connectivity index (χ3n) is 3.32. The van der Waals surface area contributed by atoms with Crippen LogP contribution in [-0.2, 0) is 16.0 Å². The number of carboxylic acid groups (broad SMARTS) is 1. The van der Waals surface area contributed by atoms with Crippen LogP contribution in [0.1, 0.15) is 31.0 Å². The minimum absolute atomic E-state index is 0.0450. The van der Waals surface area contributed by atoms with Crippen LogP contribution in [0.4, 0.5) is 0 Å². The normalized spacial score (nSPS) is 11.8. The molecule has 0 saturated carbocycles. The van der Waals surface area contributed by atoms with E-state index < -0.39 is 12.0 Å². The Kier molecular flexibility index (Phi) is 5.95. The molecule has 2 aromatic rings. The summed E-state index contributed by atoms with van der Waals surface area (Å²) in [5.41, 5.74) is 1.30. The maximum atomic E-state index is 12.2. The second-order valence-corrected chi connectivity index (χ2v) is 5.74. The van der Waals surface area contributed by atoms with Gasteiger partial charge in [-0.3, -0.25) is 4.79 Å². The van der Waals surface area contributed by atoms with Crippen LogP contribution in [-0.4, -0.2) is 23.1 Å². The average Bonchev–Trinajstić information content (AvgIpc) is 2.53. The third kappa shape index (κ3) is 5.12. The Labute approximate surface area is 141 Å². The van der Waals surface area contributed by atoms with Crippen molar-refractivity contribution >= 4 is 11.9 Å². The molecule has 0 radical (unpaired) electrons. The summed E-state index contributed by atoms with van der Waals surface area (Å²) in [4.78, 5) is 23.6. The summed E-state index contributed by atoms with van der Waals surface area (Å²) in [5, 5.41) is 11.9. The molecule has 0 saturated heterocycles. The molecule has 0 spiro atoms. The van der Waals surface area contributed by atoms with E-state index in [9.17, 15) is 14.7 Å². The highest BCUT2D eigenvalue weighted by atomic mass is 16.5. The van der Waals surface area contributed by atoms with E-state index >= 15 is 0 Å². The summed E-state index contributed by atoms with van der Waals surface area (Å²) in [6.07, 6.45) is 0.134. The summed E-state index contributed by atoms with van der Waals surface area (Å²) < 4.78 is 5.60. The Morgan fingerprint density at radius 2 is 1.79 bits per heavy atom. The van der Waals surface area contributed by atoms with Crippen molar-refractivity contribution < 1.29 is 19.4 Å². The molecule has 5 heteroatoms. The molecule has 1 atom stereocenters. The Bertz CT molecular complexity index is 698. The van der Waals surface area contributed by atoms with Crippen molar-refractivity contribution in [3.63, 3.8) is 0 Å². The second-order valence-electron chi connectivity index (χ2n) is 5.74. The fourth-order valence-electron chi connectivity index (χ4n) is 2.33. The molecule has 0 aliphatic heterocycles. The first-order valence-corrected chi connectivity index (χ1v) is 7.78.